The van der Waals surface area contributed by atoms with Crippen LogP contribution in [0.3, 0.4) is 0 Å². The van der Waals surface area contributed by atoms with Gasteiger partial charge in [-0.3, -0.25) is 4.79 Å². The third-order valence-corrected chi connectivity index (χ3v) is 5.67. The maximum atomic E-state index is 12.5. The normalized spacial score (nSPS) is 12.0. The zero-order valence-corrected chi connectivity index (χ0v) is 18.5. The van der Waals surface area contributed by atoms with Crippen molar-refractivity contribution < 1.29 is 14.3 Å². The molecule has 0 bridgehead atoms. The van der Waals surface area contributed by atoms with E-state index >= 15 is 0 Å². The van der Waals surface area contributed by atoms with Crippen LogP contribution in [0.1, 0.15) is 27.2 Å². The van der Waals surface area contributed by atoms with Gasteiger partial charge in [-0.05, 0) is 42.3 Å². The molecule has 1 amide bonds. The van der Waals surface area contributed by atoms with Gasteiger partial charge in [-0.2, -0.15) is 0 Å². The van der Waals surface area contributed by atoms with Crippen LogP contribution in [0.15, 0.2) is 53.7 Å². The maximum absolute atomic E-state index is 12.5. The number of carbonyl (C=O) groups is 1. The molecule has 1 aliphatic heterocycles. The highest BCUT2D eigenvalue weighted by Crippen LogP contribution is 2.32. The molecule has 0 unspecified atom stereocenters. The van der Waals surface area contributed by atoms with Gasteiger partial charge in [-0.1, -0.05) is 30.0 Å². The zero-order chi connectivity index (χ0) is 21.8. The van der Waals surface area contributed by atoms with Crippen LogP contribution in [0.5, 0.6) is 11.5 Å². The van der Waals surface area contributed by atoms with E-state index in [0.29, 0.717) is 17.9 Å². The number of fused-ring (bicyclic) bond motifs is 1. The lowest BCUT2D eigenvalue weighted by molar-refractivity contribution is 0.0951. The summed E-state index contributed by atoms with van der Waals surface area (Å²) in [6.07, 6.45) is 0. The van der Waals surface area contributed by atoms with E-state index in [0.717, 1.165) is 39.3 Å². The van der Waals surface area contributed by atoms with Gasteiger partial charge in [0.1, 0.15) is 5.82 Å². The largest absolute Gasteiger partial charge is 0.454 e. The van der Waals surface area contributed by atoms with Gasteiger partial charge in [-0.25, -0.2) is 9.97 Å². The van der Waals surface area contributed by atoms with E-state index in [4.69, 9.17) is 9.47 Å². The number of nitrogens with zero attached hydrogens (tertiary/aromatic N) is 3. The van der Waals surface area contributed by atoms with Crippen LogP contribution < -0.4 is 19.7 Å². The van der Waals surface area contributed by atoms with E-state index in [-0.39, 0.29) is 12.7 Å². The molecule has 4 rings (SSSR count). The lowest BCUT2D eigenvalue weighted by atomic mass is 10.1. The molecule has 0 saturated heterocycles. The number of aryl methyl sites for hydroxylation is 1. The number of hydrogen-bond donors (Lipinski definition) is 1. The number of benzene rings is 2. The molecule has 0 atom stereocenters. The fraction of sp³-hybridized carbons (Fsp3) is 0.261. The quantitative estimate of drug-likeness (QED) is 0.446. The van der Waals surface area contributed by atoms with Gasteiger partial charge in [0.15, 0.2) is 16.7 Å². The van der Waals surface area contributed by atoms with Crippen molar-refractivity contribution in [2.45, 2.75) is 24.4 Å². The van der Waals surface area contributed by atoms with E-state index in [9.17, 15) is 4.79 Å². The van der Waals surface area contributed by atoms with Crippen molar-refractivity contribution in [1.82, 2.24) is 15.3 Å². The number of ether oxygens (including phenoxy) is 2. The van der Waals surface area contributed by atoms with Crippen LogP contribution in [0.4, 0.5) is 5.82 Å². The Morgan fingerprint density at radius 2 is 1.77 bits per heavy atom. The van der Waals surface area contributed by atoms with Crippen molar-refractivity contribution in [1.29, 1.82) is 0 Å². The topological polar surface area (TPSA) is 76.6 Å². The minimum Gasteiger partial charge on any atom is -0.454 e. The molecular formula is C23H24N4O3S. The van der Waals surface area contributed by atoms with E-state index < -0.39 is 0 Å². The predicted molar refractivity (Wildman–Crippen MR) is 121 cm³/mol. The van der Waals surface area contributed by atoms with Crippen molar-refractivity contribution in [3.63, 3.8) is 0 Å². The number of carbonyl (C=O) groups excluding carboxylic acids is 1. The SMILES string of the molecule is Cc1cc(N(C)C)nc(SCc2ccc(C(=O)NCc3ccc4c(c3)OCO4)cc2)n1. The molecule has 8 heteroatoms. The highest BCUT2D eigenvalue weighted by atomic mass is 32.2. The van der Waals surface area contributed by atoms with Gasteiger partial charge < -0.3 is 19.7 Å². The van der Waals surface area contributed by atoms with Gasteiger partial charge in [0.25, 0.3) is 5.91 Å². The summed E-state index contributed by atoms with van der Waals surface area (Å²) in [4.78, 5) is 23.5. The van der Waals surface area contributed by atoms with Crippen LogP contribution >= 0.6 is 11.8 Å². The summed E-state index contributed by atoms with van der Waals surface area (Å²) < 4.78 is 10.7. The molecular weight excluding hydrogens is 412 g/mol. The zero-order valence-electron chi connectivity index (χ0n) is 17.7. The fourth-order valence-electron chi connectivity index (χ4n) is 3.05. The summed E-state index contributed by atoms with van der Waals surface area (Å²) in [6.45, 7) is 2.63. The van der Waals surface area contributed by atoms with Crippen molar-refractivity contribution in [2.24, 2.45) is 0 Å². The molecule has 0 radical (unpaired) electrons. The molecule has 7 nitrogen and oxygen atoms in total. The van der Waals surface area contributed by atoms with Crippen molar-refractivity contribution in [2.75, 3.05) is 25.8 Å². The Balaban J connectivity index is 1.32. The second kappa shape index (κ2) is 9.26. The van der Waals surface area contributed by atoms with Gasteiger partial charge in [0, 0.05) is 43.7 Å². The number of rotatable bonds is 7. The average molecular weight is 437 g/mol. The smallest absolute Gasteiger partial charge is 0.251 e. The second-order valence-electron chi connectivity index (χ2n) is 7.40. The summed E-state index contributed by atoms with van der Waals surface area (Å²) in [5, 5.41) is 3.69. The summed E-state index contributed by atoms with van der Waals surface area (Å²) >= 11 is 1.58. The fourth-order valence-corrected chi connectivity index (χ4v) is 3.91. The molecule has 2 heterocycles. The third-order valence-electron chi connectivity index (χ3n) is 4.75. The van der Waals surface area contributed by atoms with E-state index in [2.05, 4.69) is 15.3 Å². The molecule has 1 N–H and O–H groups in total. The highest BCUT2D eigenvalue weighted by molar-refractivity contribution is 7.98. The van der Waals surface area contributed by atoms with Crippen molar-refractivity contribution in [3.8, 4) is 11.5 Å². The van der Waals surface area contributed by atoms with Crippen LogP contribution in [0.25, 0.3) is 0 Å². The summed E-state index contributed by atoms with van der Waals surface area (Å²) in [5.41, 5.74) is 3.63. The number of thioether (sulfide) groups is 1. The first-order valence-electron chi connectivity index (χ1n) is 9.89. The minimum atomic E-state index is -0.116. The Bertz CT molecular complexity index is 1090. The number of nitrogens with one attached hydrogen (secondary N) is 1. The van der Waals surface area contributed by atoms with Gasteiger partial charge >= 0.3 is 0 Å². The molecule has 1 aromatic heterocycles. The lowest BCUT2D eigenvalue weighted by Gasteiger charge is -2.12. The predicted octanol–water partition coefficient (Wildman–Crippen LogP) is 3.80. The van der Waals surface area contributed by atoms with Crippen molar-refractivity contribution >= 4 is 23.5 Å². The monoisotopic (exact) mass is 436 g/mol. The van der Waals surface area contributed by atoms with Crippen LogP contribution in [-0.4, -0.2) is 36.8 Å². The number of amides is 1. The van der Waals surface area contributed by atoms with Gasteiger partial charge in [0.2, 0.25) is 6.79 Å². The molecule has 1 aliphatic rings. The Labute approximate surface area is 185 Å². The highest BCUT2D eigenvalue weighted by Gasteiger charge is 2.14. The third kappa shape index (κ3) is 5.27. The summed E-state index contributed by atoms with van der Waals surface area (Å²) in [5.74, 6) is 2.95. The molecule has 0 fully saturated rings. The Kier molecular flexibility index (Phi) is 6.27. The second-order valence-corrected chi connectivity index (χ2v) is 8.34. The van der Waals surface area contributed by atoms with Crippen LogP contribution in [0, 0.1) is 6.92 Å². The number of aromatic nitrogens is 2. The number of anilines is 1. The first-order chi connectivity index (χ1) is 15.0. The molecule has 2 aromatic carbocycles. The molecule has 31 heavy (non-hydrogen) atoms. The minimum absolute atomic E-state index is 0.116. The van der Waals surface area contributed by atoms with Crippen LogP contribution in [0.2, 0.25) is 0 Å². The standard InChI is InChI=1S/C23H24N4O3S/c1-15-10-21(27(2)3)26-23(25-15)31-13-16-4-7-18(8-5-16)22(28)24-12-17-6-9-19-20(11-17)30-14-29-19/h4-11H,12-14H2,1-3H3,(H,24,28). The Morgan fingerprint density at radius 1 is 1.03 bits per heavy atom. The first kappa shape index (κ1) is 21.0. The van der Waals surface area contributed by atoms with E-state index in [1.54, 1.807) is 11.8 Å². The first-order valence-corrected chi connectivity index (χ1v) is 10.9. The summed E-state index contributed by atoms with van der Waals surface area (Å²) in [6, 6.07) is 15.2. The number of hydrogen-bond acceptors (Lipinski definition) is 7. The van der Waals surface area contributed by atoms with Gasteiger partial charge in [0.05, 0.1) is 0 Å². The van der Waals surface area contributed by atoms with Gasteiger partial charge in [-0.15, -0.1) is 0 Å². The van der Waals surface area contributed by atoms with E-state index in [1.807, 2.05) is 74.4 Å². The molecule has 3 aromatic rings. The summed E-state index contributed by atoms with van der Waals surface area (Å²) in [7, 11) is 3.93. The van der Waals surface area contributed by atoms with Crippen molar-refractivity contribution in [3.05, 3.63) is 70.9 Å². The maximum Gasteiger partial charge on any atom is 0.251 e. The Morgan fingerprint density at radius 3 is 2.55 bits per heavy atom. The molecule has 0 spiro atoms. The lowest BCUT2D eigenvalue weighted by Crippen LogP contribution is -2.22. The molecule has 0 aliphatic carbocycles. The average Bonchev–Trinajstić information content (AvgIpc) is 3.24. The molecule has 160 valence electrons. The Hall–Kier alpha value is -3.26. The van der Waals surface area contributed by atoms with Crippen LogP contribution in [-0.2, 0) is 12.3 Å². The molecule has 0 saturated carbocycles. The van der Waals surface area contributed by atoms with E-state index in [1.165, 1.54) is 0 Å².